The Balaban J connectivity index is 1.31. The molecule has 2 amide bonds. The number of fused-ring (bicyclic) bond motifs is 2. The van der Waals surface area contributed by atoms with Gasteiger partial charge < -0.3 is 14.5 Å². The predicted octanol–water partition coefficient (Wildman–Crippen LogP) is 1.90. The van der Waals surface area contributed by atoms with E-state index in [2.05, 4.69) is 17.1 Å². The number of aromatic amines is 1. The Morgan fingerprint density at radius 1 is 1.30 bits per heavy atom. The number of hydrogen-bond donors (Lipinski definition) is 1. The summed E-state index contributed by atoms with van der Waals surface area (Å²) in [6.07, 6.45) is 6.21. The number of amides is 2. The lowest BCUT2D eigenvalue weighted by Crippen LogP contribution is -2.47. The van der Waals surface area contributed by atoms with Gasteiger partial charge in [-0.3, -0.25) is 14.7 Å². The Hall–Kier alpha value is -2.93. The van der Waals surface area contributed by atoms with Gasteiger partial charge in [-0.15, -0.1) is 0 Å². The van der Waals surface area contributed by atoms with Crippen molar-refractivity contribution in [2.75, 3.05) is 18.0 Å². The van der Waals surface area contributed by atoms with Crippen LogP contribution < -0.4 is 4.90 Å². The predicted molar refractivity (Wildman–Crippen MR) is 110 cm³/mol. The van der Waals surface area contributed by atoms with Crippen molar-refractivity contribution in [1.82, 2.24) is 15.1 Å². The van der Waals surface area contributed by atoms with E-state index in [0.29, 0.717) is 19.6 Å². The Kier molecular flexibility index (Phi) is 3.60. The van der Waals surface area contributed by atoms with E-state index >= 15 is 0 Å². The van der Waals surface area contributed by atoms with Crippen LogP contribution in [0.5, 0.6) is 0 Å². The molecule has 0 aliphatic carbocycles. The van der Waals surface area contributed by atoms with Crippen LogP contribution in [0, 0.1) is 25.7 Å². The third kappa shape index (κ3) is 2.32. The summed E-state index contributed by atoms with van der Waals surface area (Å²) in [5.41, 5.74) is 4.66. The largest absolute Gasteiger partial charge is 0.360 e. The van der Waals surface area contributed by atoms with Gasteiger partial charge in [0.2, 0.25) is 11.8 Å². The molecule has 4 aliphatic rings. The first kappa shape index (κ1) is 17.9. The van der Waals surface area contributed by atoms with E-state index < -0.39 is 17.4 Å². The first-order valence-electron chi connectivity index (χ1n) is 10.5. The van der Waals surface area contributed by atoms with Gasteiger partial charge >= 0.3 is 0 Å². The number of rotatable bonds is 2. The third-order valence-electron chi connectivity index (χ3n) is 7.30. The van der Waals surface area contributed by atoms with Gasteiger partial charge in [0, 0.05) is 36.5 Å². The van der Waals surface area contributed by atoms with Crippen molar-refractivity contribution in [3.63, 3.8) is 0 Å². The highest BCUT2D eigenvalue weighted by Crippen LogP contribution is 2.53. The van der Waals surface area contributed by atoms with Crippen LogP contribution >= 0.6 is 0 Å². The summed E-state index contributed by atoms with van der Waals surface area (Å²) < 4.78 is 6.30. The van der Waals surface area contributed by atoms with Crippen molar-refractivity contribution in [1.29, 1.82) is 0 Å². The number of aromatic nitrogens is 2. The van der Waals surface area contributed by atoms with Crippen LogP contribution in [0.25, 0.3) is 0 Å². The molecule has 154 valence electrons. The second-order valence-corrected chi connectivity index (χ2v) is 8.98. The number of carbonyl (C=O) groups excluding carboxylic acids is 2. The van der Waals surface area contributed by atoms with Crippen molar-refractivity contribution in [3.05, 3.63) is 58.9 Å². The fourth-order valence-corrected chi connectivity index (χ4v) is 5.51. The molecule has 4 atom stereocenters. The molecule has 0 radical (unpaired) electrons. The van der Waals surface area contributed by atoms with E-state index in [0.717, 1.165) is 28.9 Å². The highest BCUT2D eigenvalue weighted by Gasteiger charge is 2.67. The lowest BCUT2D eigenvalue weighted by molar-refractivity contribution is -0.141. The summed E-state index contributed by atoms with van der Waals surface area (Å²) in [6, 6.07) is 6.07. The summed E-state index contributed by atoms with van der Waals surface area (Å²) >= 11 is 0. The number of hydrogen-bond acceptors (Lipinski definition) is 4. The van der Waals surface area contributed by atoms with E-state index in [1.165, 1.54) is 5.56 Å². The lowest BCUT2D eigenvalue weighted by atomic mass is 9.76. The minimum Gasteiger partial charge on any atom is -0.360 e. The van der Waals surface area contributed by atoms with Gasteiger partial charge in [0.25, 0.3) is 0 Å². The van der Waals surface area contributed by atoms with Gasteiger partial charge in [-0.2, -0.15) is 5.10 Å². The van der Waals surface area contributed by atoms with Gasteiger partial charge in [0.05, 0.1) is 30.7 Å². The maximum Gasteiger partial charge on any atom is 0.234 e. The van der Waals surface area contributed by atoms with Crippen LogP contribution in [-0.4, -0.2) is 51.7 Å². The molecule has 0 saturated carbocycles. The molecule has 2 fully saturated rings. The molecule has 2 bridgehead atoms. The molecule has 1 N–H and O–H groups in total. The molecule has 30 heavy (non-hydrogen) atoms. The topological polar surface area (TPSA) is 78.5 Å². The minimum absolute atomic E-state index is 0.00976. The van der Waals surface area contributed by atoms with Crippen LogP contribution in [0.3, 0.4) is 0 Å². The highest BCUT2D eigenvalue weighted by molar-refractivity contribution is 6.03. The molecule has 4 aliphatic heterocycles. The van der Waals surface area contributed by atoms with Crippen molar-refractivity contribution < 1.29 is 14.3 Å². The van der Waals surface area contributed by atoms with E-state index in [1.807, 2.05) is 42.2 Å². The average Bonchev–Trinajstić information content (AvgIpc) is 3.49. The second-order valence-electron chi connectivity index (χ2n) is 8.98. The zero-order valence-electron chi connectivity index (χ0n) is 17.1. The maximum absolute atomic E-state index is 13.6. The van der Waals surface area contributed by atoms with Crippen molar-refractivity contribution in [2.24, 2.45) is 11.8 Å². The van der Waals surface area contributed by atoms with Crippen molar-refractivity contribution >= 4 is 17.5 Å². The monoisotopic (exact) mass is 404 g/mol. The van der Waals surface area contributed by atoms with Gasteiger partial charge in [0.1, 0.15) is 5.60 Å². The Morgan fingerprint density at radius 3 is 3.00 bits per heavy atom. The molecule has 2 saturated heterocycles. The molecular formula is C23H24N4O3. The molecule has 6 rings (SSSR count). The molecule has 7 heteroatoms. The van der Waals surface area contributed by atoms with Crippen LogP contribution in [0.1, 0.15) is 22.4 Å². The first-order valence-corrected chi connectivity index (χ1v) is 10.5. The quantitative estimate of drug-likeness (QED) is 0.776. The number of nitrogens with one attached hydrogen (secondary N) is 1. The minimum atomic E-state index is -0.697. The molecule has 1 aromatic carbocycles. The van der Waals surface area contributed by atoms with E-state index in [1.54, 1.807) is 11.1 Å². The van der Waals surface area contributed by atoms with Crippen LogP contribution in [0.4, 0.5) is 5.69 Å². The number of benzene rings is 1. The summed E-state index contributed by atoms with van der Waals surface area (Å²) in [4.78, 5) is 30.8. The van der Waals surface area contributed by atoms with E-state index in [9.17, 15) is 9.59 Å². The highest BCUT2D eigenvalue weighted by atomic mass is 16.5. The van der Waals surface area contributed by atoms with Crippen molar-refractivity contribution in [3.8, 4) is 0 Å². The SMILES string of the molecule is Cc1ccc(N2C[C@]34C=C[C@H](O3)[C@@H](C(=O)N3CCc5[nH]ncc5C3)[C@H]4C2=O)cc1C. The molecule has 1 aromatic heterocycles. The Morgan fingerprint density at radius 2 is 2.17 bits per heavy atom. The number of H-pyrrole nitrogens is 1. The number of nitrogens with zero attached hydrogens (tertiary/aromatic N) is 3. The fourth-order valence-electron chi connectivity index (χ4n) is 5.51. The van der Waals surface area contributed by atoms with Crippen LogP contribution in [0.15, 0.2) is 36.5 Å². The Labute approximate surface area is 174 Å². The third-order valence-corrected chi connectivity index (χ3v) is 7.30. The summed E-state index contributed by atoms with van der Waals surface area (Å²) in [6.45, 7) is 5.74. The van der Waals surface area contributed by atoms with Gasteiger partial charge in [0.15, 0.2) is 0 Å². The normalized spacial score (nSPS) is 31.4. The summed E-state index contributed by atoms with van der Waals surface area (Å²) in [7, 11) is 0. The number of anilines is 1. The van der Waals surface area contributed by atoms with Crippen molar-refractivity contribution in [2.45, 2.75) is 38.5 Å². The second kappa shape index (κ2) is 6.04. The summed E-state index contributed by atoms with van der Waals surface area (Å²) in [5.74, 6) is -0.928. The zero-order valence-corrected chi connectivity index (χ0v) is 17.1. The number of ether oxygens (including phenoxy) is 1. The molecule has 0 unspecified atom stereocenters. The summed E-state index contributed by atoms with van der Waals surface area (Å²) in [5, 5.41) is 7.10. The lowest BCUT2D eigenvalue weighted by Gasteiger charge is -2.32. The number of carbonyl (C=O) groups is 2. The molecular weight excluding hydrogens is 380 g/mol. The van der Waals surface area contributed by atoms with Gasteiger partial charge in [-0.25, -0.2) is 0 Å². The molecule has 1 spiro atoms. The molecule has 7 nitrogen and oxygen atoms in total. The standard InChI is InChI=1S/C23H24N4O3/c1-13-3-4-16(9-14(13)2)27-12-23-7-5-18(30-23)19(20(23)22(27)29)21(28)26-8-6-17-15(11-26)10-24-25-17/h3-5,7,9-10,18-20H,6,8,11-12H2,1-2H3,(H,24,25)/t18-,19+,20-,23-/m0/s1. The van der Waals surface area contributed by atoms with Crippen LogP contribution in [-0.2, 0) is 27.3 Å². The van der Waals surface area contributed by atoms with E-state index in [-0.39, 0.29) is 17.9 Å². The molecule has 5 heterocycles. The van der Waals surface area contributed by atoms with Gasteiger partial charge in [-0.1, -0.05) is 18.2 Å². The smallest absolute Gasteiger partial charge is 0.234 e. The first-order chi connectivity index (χ1) is 14.5. The van der Waals surface area contributed by atoms with Gasteiger partial charge in [-0.05, 0) is 37.1 Å². The zero-order chi connectivity index (χ0) is 20.6. The van der Waals surface area contributed by atoms with E-state index in [4.69, 9.17) is 4.74 Å². The van der Waals surface area contributed by atoms with Crippen LogP contribution in [0.2, 0.25) is 0 Å². The molecule has 2 aromatic rings. The average molecular weight is 404 g/mol. The fraction of sp³-hybridized carbons (Fsp3) is 0.435. The Bertz CT molecular complexity index is 1110. The number of aryl methyl sites for hydroxylation is 2. The maximum atomic E-state index is 13.6.